The van der Waals surface area contributed by atoms with Gasteiger partial charge in [-0.3, -0.25) is 9.59 Å². The van der Waals surface area contributed by atoms with Crippen LogP contribution < -0.4 is 15.4 Å². The van der Waals surface area contributed by atoms with Gasteiger partial charge in [-0.1, -0.05) is 59.6 Å². The van der Waals surface area contributed by atoms with Crippen molar-refractivity contribution in [1.82, 2.24) is 0 Å². The van der Waals surface area contributed by atoms with E-state index >= 15 is 0 Å². The molecule has 30 heavy (non-hydrogen) atoms. The van der Waals surface area contributed by atoms with E-state index in [0.717, 1.165) is 5.56 Å². The molecule has 0 fully saturated rings. The molecule has 3 aromatic carbocycles. The Morgan fingerprint density at radius 1 is 0.800 bits per heavy atom. The summed E-state index contributed by atoms with van der Waals surface area (Å²) in [5, 5.41) is 6.39. The zero-order valence-electron chi connectivity index (χ0n) is 16.0. The molecule has 2 N–H and O–H groups in total. The number of anilines is 2. The summed E-state index contributed by atoms with van der Waals surface area (Å²) in [6.07, 6.45) is 1.03. The SMILES string of the molecule is O=C(CCc1ccccc1)Nc1cccc(NC(=O)COc2ccc(Cl)cc2Cl)c1. The van der Waals surface area contributed by atoms with Crippen LogP contribution in [0.3, 0.4) is 0 Å². The number of hydrogen-bond acceptors (Lipinski definition) is 3. The molecule has 154 valence electrons. The average Bonchev–Trinajstić information content (AvgIpc) is 2.73. The van der Waals surface area contributed by atoms with Crippen molar-refractivity contribution in [3.05, 3.63) is 88.4 Å². The van der Waals surface area contributed by atoms with Crippen molar-refractivity contribution in [2.45, 2.75) is 12.8 Å². The summed E-state index contributed by atoms with van der Waals surface area (Å²) >= 11 is 11.9. The van der Waals surface area contributed by atoms with Gasteiger partial charge in [0.15, 0.2) is 6.61 Å². The first-order chi connectivity index (χ1) is 14.5. The average molecular weight is 443 g/mol. The number of ether oxygens (including phenoxy) is 1. The second kappa shape index (κ2) is 10.7. The topological polar surface area (TPSA) is 67.4 Å². The summed E-state index contributed by atoms with van der Waals surface area (Å²) in [5.74, 6) is -0.0766. The van der Waals surface area contributed by atoms with E-state index < -0.39 is 0 Å². The highest BCUT2D eigenvalue weighted by Gasteiger charge is 2.08. The lowest BCUT2D eigenvalue weighted by Crippen LogP contribution is -2.20. The minimum atomic E-state index is -0.353. The molecule has 0 aromatic heterocycles. The molecular weight excluding hydrogens is 423 g/mol. The number of amides is 2. The predicted octanol–water partition coefficient (Wildman–Crippen LogP) is 5.58. The highest BCUT2D eigenvalue weighted by molar-refractivity contribution is 6.35. The maximum absolute atomic E-state index is 12.2. The minimum absolute atomic E-state index is 0.0944. The van der Waals surface area contributed by atoms with Crippen LogP contribution in [0.15, 0.2) is 72.8 Å². The molecule has 0 unspecified atom stereocenters. The van der Waals surface area contributed by atoms with Gasteiger partial charge in [-0.2, -0.15) is 0 Å². The van der Waals surface area contributed by atoms with Crippen molar-refractivity contribution in [2.75, 3.05) is 17.2 Å². The Labute approximate surface area is 185 Å². The summed E-state index contributed by atoms with van der Waals surface area (Å²) in [6, 6.07) is 21.5. The molecule has 0 aliphatic rings. The molecule has 0 aliphatic heterocycles. The summed E-state index contributed by atoms with van der Waals surface area (Å²) in [6.45, 7) is -0.213. The van der Waals surface area contributed by atoms with Crippen LogP contribution in [0.2, 0.25) is 10.0 Å². The van der Waals surface area contributed by atoms with Gasteiger partial charge in [-0.25, -0.2) is 0 Å². The van der Waals surface area contributed by atoms with Crippen molar-refractivity contribution < 1.29 is 14.3 Å². The van der Waals surface area contributed by atoms with Gasteiger partial charge in [-0.05, 0) is 48.4 Å². The van der Waals surface area contributed by atoms with Crippen molar-refractivity contribution >= 4 is 46.4 Å². The van der Waals surface area contributed by atoms with Crippen molar-refractivity contribution in [3.63, 3.8) is 0 Å². The predicted molar refractivity (Wildman–Crippen MR) is 120 cm³/mol. The molecular formula is C23H20Cl2N2O3. The highest BCUT2D eigenvalue weighted by Crippen LogP contribution is 2.27. The van der Waals surface area contributed by atoms with Gasteiger partial charge in [0.25, 0.3) is 5.91 Å². The summed E-state index contributed by atoms with van der Waals surface area (Å²) in [7, 11) is 0. The van der Waals surface area contributed by atoms with Crippen LogP contribution in [0, 0.1) is 0 Å². The van der Waals surface area contributed by atoms with E-state index in [2.05, 4.69) is 10.6 Å². The van der Waals surface area contributed by atoms with E-state index in [-0.39, 0.29) is 18.4 Å². The van der Waals surface area contributed by atoms with E-state index in [4.69, 9.17) is 27.9 Å². The first-order valence-electron chi connectivity index (χ1n) is 9.31. The van der Waals surface area contributed by atoms with Gasteiger partial charge in [0.05, 0.1) is 5.02 Å². The molecule has 7 heteroatoms. The fourth-order valence-electron chi connectivity index (χ4n) is 2.73. The van der Waals surface area contributed by atoms with Crippen molar-refractivity contribution in [2.24, 2.45) is 0 Å². The number of aryl methyl sites for hydroxylation is 1. The Bertz CT molecular complexity index is 1030. The molecule has 2 amide bonds. The van der Waals surface area contributed by atoms with Crippen LogP contribution in [0.1, 0.15) is 12.0 Å². The number of benzene rings is 3. The number of halogens is 2. The van der Waals surface area contributed by atoms with Crippen LogP contribution in [-0.2, 0) is 16.0 Å². The molecule has 0 radical (unpaired) electrons. The largest absolute Gasteiger partial charge is 0.482 e. The fourth-order valence-corrected chi connectivity index (χ4v) is 3.20. The van der Waals surface area contributed by atoms with Crippen LogP contribution in [-0.4, -0.2) is 18.4 Å². The third-order valence-electron chi connectivity index (χ3n) is 4.17. The molecule has 0 heterocycles. The molecule has 5 nitrogen and oxygen atoms in total. The normalized spacial score (nSPS) is 10.3. The molecule has 3 aromatic rings. The number of nitrogens with one attached hydrogen (secondary N) is 2. The molecule has 0 spiro atoms. The van der Waals surface area contributed by atoms with Gasteiger partial charge in [0, 0.05) is 22.8 Å². The van der Waals surface area contributed by atoms with Gasteiger partial charge in [-0.15, -0.1) is 0 Å². The Hall–Kier alpha value is -3.02. The maximum atomic E-state index is 12.2. The quantitative estimate of drug-likeness (QED) is 0.478. The lowest BCUT2D eigenvalue weighted by atomic mass is 10.1. The Kier molecular flexibility index (Phi) is 7.71. The monoisotopic (exact) mass is 442 g/mol. The van der Waals surface area contributed by atoms with Gasteiger partial charge in [0.2, 0.25) is 5.91 Å². The van der Waals surface area contributed by atoms with Crippen molar-refractivity contribution in [1.29, 1.82) is 0 Å². The molecule has 0 bridgehead atoms. The second-order valence-electron chi connectivity index (χ2n) is 6.53. The van der Waals surface area contributed by atoms with E-state index in [1.165, 1.54) is 0 Å². The zero-order valence-corrected chi connectivity index (χ0v) is 17.5. The van der Waals surface area contributed by atoms with Crippen molar-refractivity contribution in [3.8, 4) is 5.75 Å². The number of rotatable bonds is 8. The van der Waals surface area contributed by atoms with E-state index in [1.807, 2.05) is 30.3 Å². The number of carbonyl (C=O) groups is 2. The maximum Gasteiger partial charge on any atom is 0.262 e. The number of hydrogen-bond donors (Lipinski definition) is 2. The Morgan fingerprint density at radius 2 is 1.50 bits per heavy atom. The lowest BCUT2D eigenvalue weighted by molar-refractivity contribution is -0.118. The third kappa shape index (κ3) is 6.79. The van der Waals surface area contributed by atoms with Crippen LogP contribution in [0.25, 0.3) is 0 Å². The molecule has 0 saturated carbocycles. The van der Waals surface area contributed by atoms with Crippen LogP contribution >= 0.6 is 23.2 Å². The Morgan fingerprint density at radius 3 is 2.20 bits per heavy atom. The van der Waals surface area contributed by atoms with E-state index in [0.29, 0.717) is 40.0 Å². The summed E-state index contributed by atoms with van der Waals surface area (Å²) in [4.78, 5) is 24.4. The van der Waals surface area contributed by atoms with E-state index in [9.17, 15) is 9.59 Å². The standard InChI is InChI=1S/C23H20Cl2N2O3/c24-17-10-11-21(20(25)13-17)30-15-23(29)27-19-8-4-7-18(14-19)26-22(28)12-9-16-5-2-1-3-6-16/h1-8,10-11,13-14H,9,12,15H2,(H,26,28)(H,27,29). The molecule has 0 atom stereocenters. The molecule has 0 saturated heterocycles. The van der Waals surface area contributed by atoms with Gasteiger partial charge in [0.1, 0.15) is 5.75 Å². The van der Waals surface area contributed by atoms with E-state index in [1.54, 1.807) is 42.5 Å². The fraction of sp³-hybridized carbons (Fsp3) is 0.130. The summed E-state index contributed by atoms with van der Waals surface area (Å²) < 4.78 is 5.42. The molecule has 0 aliphatic carbocycles. The van der Waals surface area contributed by atoms with Gasteiger partial charge >= 0.3 is 0 Å². The van der Waals surface area contributed by atoms with Gasteiger partial charge < -0.3 is 15.4 Å². The lowest BCUT2D eigenvalue weighted by Gasteiger charge is -2.10. The zero-order chi connectivity index (χ0) is 21.3. The number of carbonyl (C=O) groups excluding carboxylic acids is 2. The third-order valence-corrected chi connectivity index (χ3v) is 4.70. The smallest absolute Gasteiger partial charge is 0.262 e. The second-order valence-corrected chi connectivity index (χ2v) is 7.37. The first-order valence-corrected chi connectivity index (χ1v) is 10.1. The van der Waals surface area contributed by atoms with Crippen LogP contribution in [0.5, 0.6) is 5.75 Å². The Balaban J connectivity index is 1.49. The minimum Gasteiger partial charge on any atom is -0.482 e. The first kappa shape index (κ1) is 21.7. The highest BCUT2D eigenvalue weighted by atomic mass is 35.5. The molecule has 3 rings (SSSR count). The van der Waals surface area contributed by atoms with Crippen LogP contribution in [0.4, 0.5) is 11.4 Å². The summed E-state index contributed by atoms with van der Waals surface area (Å²) in [5.41, 5.74) is 2.26.